The molecule has 0 aromatic heterocycles. The standard InChI is InChI=1S/2C15H21NO.4H2S/c2*1-15(2)9-13(16-10-15)14-12-6-4-3-5-11(12)7-8-17-14;;;;/h2*3-6,13-14,16H,7-10H2,1-2H3;4*1H2/t13-,14+;13-,14-;;;;/m00..../s1. The lowest BCUT2D eigenvalue weighted by atomic mass is 9.86. The number of fused-ring (bicyclic) bond motifs is 2. The molecule has 0 spiro atoms. The quantitative estimate of drug-likeness (QED) is 0.457. The second kappa shape index (κ2) is 15.1. The second-order valence-corrected chi connectivity index (χ2v) is 12.2. The largest absolute Gasteiger partial charge is 0.372 e. The molecule has 2 N–H and O–H groups in total. The Hall–Kier alpha value is -0.320. The van der Waals surface area contributed by atoms with Crippen LogP contribution in [-0.4, -0.2) is 38.4 Å². The first-order valence-corrected chi connectivity index (χ1v) is 13.2. The van der Waals surface area contributed by atoms with Crippen LogP contribution in [0, 0.1) is 10.8 Å². The molecule has 4 atom stereocenters. The third-order valence-electron chi connectivity index (χ3n) is 8.02. The Morgan fingerprint density at radius 3 is 1.32 bits per heavy atom. The average Bonchev–Trinajstić information content (AvgIpc) is 3.39. The van der Waals surface area contributed by atoms with Gasteiger partial charge in [0, 0.05) is 25.2 Å². The van der Waals surface area contributed by atoms with Gasteiger partial charge < -0.3 is 20.1 Å². The minimum absolute atomic E-state index is 0. The van der Waals surface area contributed by atoms with Crippen LogP contribution in [-0.2, 0) is 22.3 Å². The fourth-order valence-corrected chi connectivity index (χ4v) is 6.24. The normalized spacial score (nSPS) is 27.9. The smallest absolute Gasteiger partial charge is 0.0980 e. The summed E-state index contributed by atoms with van der Waals surface area (Å²) in [6.07, 6.45) is 5.02. The maximum atomic E-state index is 6.02. The van der Waals surface area contributed by atoms with Crippen molar-refractivity contribution in [2.75, 3.05) is 26.3 Å². The number of nitrogens with one attached hydrogen (secondary N) is 2. The molecule has 4 heterocycles. The molecule has 2 aromatic rings. The number of hydrogen-bond donors (Lipinski definition) is 2. The van der Waals surface area contributed by atoms with E-state index in [4.69, 9.17) is 9.47 Å². The summed E-state index contributed by atoms with van der Waals surface area (Å²) in [7, 11) is 0. The van der Waals surface area contributed by atoms with Gasteiger partial charge in [0.25, 0.3) is 0 Å². The van der Waals surface area contributed by atoms with E-state index in [9.17, 15) is 0 Å². The molecule has 0 bridgehead atoms. The van der Waals surface area contributed by atoms with Crippen molar-refractivity contribution in [1.29, 1.82) is 0 Å². The lowest BCUT2D eigenvalue weighted by Gasteiger charge is -2.31. The van der Waals surface area contributed by atoms with Crippen LogP contribution in [0.2, 0.25) is 0 Å². The fraction of sp³-hybridized carbons (Fsp3) is 0.600. The topological polar surface area (TPSA) is 42.5 Å². The lowest BCUT2D eigenvalue weighted by Crippen LogP contribution is -2.33. The van der Waals surface area contributed by atoms with Crippen LogP contribution in [0.25, 0.3) is 0 Å². The molecule has 4 nitrogen and oxygen atoms in total. The molecule has 6 rings (SSSR count). The molecule has 4 aliphatic rings. The summed E-state index contributed by atoms with van der Waals surface area (Å²) in [5.41, 5.74) is 6.54. The third-order valence-corrected chi connectivity index (χ3v) is 8.02. The van der Waals surface area contributed by atoms with Crippen LogP contribution in [0.15, 0.2) is 48.5 Å². The van der Waals surface area contributed by atoms with Gasteiger partial charge in [-0.15, -0.1) is 0 Å². The zero-order chi connectivity index (χ0) is 23.8. The molecular formula is C30H50N2O2S4. The van der Waals surface area contributed by atoms with Crippen molar-refractivity contribution in [2.24, 2.45) is 10.8 Å². The van der Waals surface area contributed by atoms with E-state index in [1.165, 1.54) is 35.1 Å². The van der Waals surface area contributed by atoms with Crippen molar-refractivity contribution < 1.29 is 9.47 Å². The first-order chi connectivity index (χ1) is 16.3. The summed E-state index contributed by atoms with van der Waals surface area (Å²) >= 11 is 0. The number of ether oxygens (including phenoxy) is 2. The van der Waals surface area contributed by atoms with Gasteiger partial charge in [0.2, 0.25) is 0 Å². The van der Waals surface area contributed by atoms with E-state index in [1.807, 2.05) is 0 Å². The van der Waals surface area contributed by atoms with Crippen LogP contribution >= 0.6 is 54.0 Å². The van der Waals surface area contributed by atoms with Gasteiger partial charge >= 0.3 is 0 Å². The Kier molecular flexibility index (Phi) is 14.2. The maximum Gasteiger partial charge on any atom is 0.0980 e. The van der Waals surface area contributed by atoms with E-state index < -0.39 is 0 Å². The molecule has 38 heavy (non-hydrogen) atoms. The Morgan fingerprint density at radius 1 is 0.605 bits per heavy atom. The minimum atomic E-state index is 0. The summed E-state index contributed by atoms with van der Waals surface area (Å²) in [6, 6.07) is 18.4. The van der Waals surface area contributed by atoms with E-state index in [-0.39, 0.29) is 66.2 Å². The molecule has 8 heteroatoms. The van der Waals surface area contributed by atoms with Crippen LogP contribution in [0.1, 0.15) is 75.0 Å². The van der Waals surface area contributed by atoms with Crippen LogP contribution < -0.4 is 10.6 Å². The highest BCUT2D eigenvalue weighted by Gasteiger charge is 2.39. The summed E-state index contributed by atoms with van der Waals surface area (Å²) in [5.74, 6) is 0. The van der Waals surface area contributed by atoms with Crippen molar-refractivity contribution in [2.45, 2.75) is 77.7 Å². The van der Waals surface area contributed by atoms with Gasteiger partial charge in [-0.1, -0.05) is 76.2 Å². The van der Waals surface area contributed by atoms with Crippen LogP contribution in [0.3, 0.4) is 0 Å². The van der Waals surface area contributed by atoms with E-state index in [2.05, 4.69) is 86.9 Å². The molecule has 0 saturated carbocycles. The van der Waals surface area contributed by atoms with Gasteiger partial charge in [-0.3, -0.25) is 0 Å². The first-order valence-electron chi connectivity index (χ1n) is 13.2. The summed E-state index contributed by atoms with van der Waals surface area (Å²) in [6.45, 7) is 13.2. The Morgan fingerprint density at radius 2 is 0.974 bits per heavy atom. The molecule has 0 amide bonds. The highest BCUT2D eigenvalue weighted by atomic mass is 32.1. The molecule has 2 fully saturated rings. The lowest BCUT2D eigenvalue weighted by molar-refractivity contribution is 0.0180. The van der Waals surface area contributed by atoms with Gasteiger partial charge in [0.05, 0.1) is 25.4 Å². The van der Waals surface area contributed by atoms with E-state index in [0.29, 0.717) is 22.9 Å². The first kappa shape index (κ1) is 35.7. The van der Waals surface area contributed by atoms with E-state index >= 15 is 0 Å². The van der Waals surface area contributed by atoms with Crippen molar-refractivity contribution in [3.8, 4) is 0 Å². The molecule has 0 unspecified atom stereocenters. The van der Waals surface area contributed by atoms with Crippen molar-refractivity contribution in [3.63, 3.8) is 0 Å². The Balaban J connectivity index is 0.000000344. The second-order valence-electron chi connectivity index (χ2n) is 12.2. The zero-order valence-corrected chi connectivity index (χ0v) is 27.4. The summed E-state index contributed by atoms with van der Waals surface area (Å²) in [4.78, 5) is 0. The molecule has 0 radical (unpaired) electrons. The monoisotopic (exact) mass is 598 g/mol. The Labute approximate surface area is 258 Å². The average molecular weight is 599 g/mol. The fourth-order valence-electron chi connectivity index (χ4n) is 6.24. The van der Waals surface area contributed by atoms with Crippen molar-refractivity contribution >= 4 is 54.0 Å². The van der Waals surface area contributed by atoms with Crippen LogP contribution in [0.5, 0.6) is 0 Å². The molecule has 0 aliphatic carbocycles. The molecule has 216 valence electrons. The van der Waals surface area contributed by atoms with Gasteiger partial charge in [-0.25, -0.2) is 0 Å². The summed E-state index contributed by atoms with van der Waals surface area (Å²) < 4.78 is 12.0. The zero-order valence-electron chi connectivity index (χ0n) is 23.4. The van der Waals surface area contributed by atoms with Gasteiger partial charge in [0.1, 0.15) is 0 Å². The Bertz CT molecular complexity index is 924. The molecule has 2 aromatic carbocycles. The number of rotatable bonds is 2. The van der Waals surface area contributed by atoms with Crippen molar-refractivity contribution in [3.05, 3.63) is 70.8 Å². The minimum Gasteiger partial charge on any atom is -0.372 e. The SMILES string of the molecule is CC1(C)CN[C@H]([C@@H]2OCCc3ccccc32)C1.CC1(C)CN[C@H]([C@H]2OCCc3ccccc32)C1.S.S.S.S. The third kappa shape index (κ3) is 8.35. The van der Waals surface area contributed by atoms with Gasteiger partial charge in [-0.05, 0) is 58.8 Å². The van der Waals surface area contributed by atoms with Crippen molar-refractivity contribution in [1.82, 2.24) is 10.6 Å². The predicted molar refractivity (Wildman–Crippen MR) is 180 cm³/mol. The summed E-state index contributed by atoms with van der Waals surface area (Å²) in [5, 5.41) is 7.26. The molecular weight excluding hydrogens is 549 g/mol. The number of benzene rings is 2. The van der Waals surface area contributed by atoms with Gasteiger partial charge in [-0.2, -0.15) is 54.0 Å². The molecule has 2 saturated heterocycles. The number of hydrogen-bond acceptors (Lipinski definition) is 4. The predicted octanol–water partition coefficient (Wildman–Crippen LogP) is 5.83. The maximum absolute atomic E-state index is 6.02. The highest BCUT2D eigenvalue weighted by Crippen LogP contribution is 2.39. The van der Waals surface area contributed by atoms with Gasteiger partial charge in [0.15, 0.2) is 0 Å². The van der Waals surface area contributed by atoms with E-state index in [0.717, 1.165) is 39.1 Å². The van der Waals surface area contributed by atoms with Crippen LogP contribution in [0.4, 0.5) is 0 Å². The van der Waals surface area contributed by atoms with E-state index in [1.54, 1.807) is 0 Å². The molecule has 4 aliphatic heterocycles. The highest BCUT2D eigenvalue weighted by molar-refractivity contribution is 7.59.